The smallest absolute Gasteiger partial charge is 0.466 e. The summed E-state index contributed by atoms with van der Waals surface area (Å²) >= 11 is 0. The minimum Gasteiger partial charge on any atom is -0.654 e. The molecule has 3 N–H and O–H groups in total. The minimum atomic E-state index is -4.64. The van der Waals surface area contributed by atoms with Gasteiger partial charge >= 0.3 is 32.5 Å². The lowest BCUT2D eigenvalue weighted by molar-refractivity contribution is -0.149. The zero-order valence-electron chi connectivity index (χ0n) is 14.0. The van der Waals surface area contributed by atoms with Crippen LogP contribution in [0.2, 0.25) is 0 Å². The van der Waals surface area contributed by atoms with Gasteiger partial charge in [0.2, 0.25) is 0 Å². The van der Waals surface area contributed by atoms with Crippen LogP contribution < -0.4 is 0 Å². The van der Waals surface area contributed by atoms with E-state index in [1.165, 1.54) is 13.8 Å². The van der Waals surface area contributed by atoms with Crippen LogP contribution in [0.15, 0.2) is 0 Å². The summed E-state index contributed by atoms with van der Waals surface area (Å²) in [6.45, 7) is 3.89. The quantitative estimate of drug-likeness (QED) is 0.372. The highest BCUT2D eigenvalue weighted by atomic mass is 31.2. The first kappa shape index (κ1) is 27.7. The van der Waals surface area contributed by atoms with E-state index in [4.69, 9.17) is 19.2 Å². The van der Waals surface area contributed by atoms with Gasteiger partial charge in [0.25, 0.3) is 0 Å². The first-order valence-corrected chi connectivity index (χ1v) is 8.60. The molecule has 1 unspecified atom stereocenters. The van der Waals surface area contributed by atoms with Crippen molar-refractivity contribution in [2.24, 2.45) is 0 Å². The van der Waals surface area contributed by atoms with E-state index in [0.717, 1.165) is 6.92 Å². The zero-order chi connectivity index (χ0) is 21.6. The van der Waals surface area contributed by atoms with E-state index in [-0.39, 0.29) is 0 Å². The summed E-state index contributed by atoms with van der Waals surface area (Å²) in [5, 5.41) is 3.75. The van der Waals surface area contributed by atoms with Crippen LogP contribution in [0.1, 0.15) is 40.0 Å². The van der Waals surface area contributed by atoms with Gasteiger partial charge in [-0.25, -0.2) is 39.7 Å². The second kappa shape index (κ2) is 10.2. The lowest BCUT2D eigenvalue weighted by Crippen LogP contribution is -2.40. The fourth-order valence-corrected chi connectivity index (χ4v) is 1.95. The summed E-state index contributed by atoms with van der Waals surface area (Å²) in [4.78, 5) is 21.6. The van der Waals surface area contributed by atoms with Crippen LogP contribution in [-0.2, 0) is 4.57 Å². The molecule has 0 rings (SSSR count). The highest BCUT2D eigenvalue weighted by molar-refractivity contribution is 7.45. The van der Waals surface area contributed by atoms with Gasteiger partial charge in [0, 0.05) is 12.8 Å². The maximum absolute atomic E-state index is 13.1. The van der Waals surface area contributed by atoms with E-state index < -0.39 is 63.4 Å². The fourth-order valence-electron chi connectivity index (χ4n) is 1.95. The van der Waals surface area contributed by atoms with E-state index in [1.54, 1.807) is 0 Å². The molecule has 160 valence electrons. The summed E-state index contributed by atoms with van der Waals surface area (Å²) in [5.74, 6) is -8.79. The van der Waals surface area contributed by atoms with Crippen LogP contribution in [0.3, 0.4) is 0 Å². The van der Waals surface area contributed by atoms with E-state index in [0.29, 0.717) is 0 Å². The Morgan fingerprint density at radius 1 is 0.885 bits per heavy atom. The van der Waals surface area contributed by atoms with E-state index >= 15 is 0 Å². The molecule has 0 saturated carbocycles. The molecule has 0 aliphatic carbocycles. The second-order valence-corrected chi connectivity index (χ2v) is 7.06. The summed E-state index contributed by atoms with van der Waals surface area (Å²) < 4.78 is 109. The molecule has 0 aliphatic rings. The molecule has 0 saturated heterocycles. The van der Waals surface area contributed by atoms with E-state index in [9.17, 15) is 35.1 Å². The number of hydrogen-bond donors (Lipinski definition) is 3. The number of alkyl halides is 8. The number of hydrogen-bond acceptors (Lipinski definition) is 1. The van der Waals surface area contributed by atoms with E-state index in [2.05, 4.69) is 5.32 Å². The lowest BCUT2D eigenvalue weighted by Gasteiger charge is -2.49. The van der Waals surface area contributed by atoms with Crippen LogP contribution >= 0.6 is 7.82 Å². The summed E-state index contributed by atoms with van der Waals surface area (Å²) in [5.41, 5.74) is -1.94. The zero-order valence-corrected chi connectivity index (χ0v) is 14.9. The van der Waals surface area contributed by atoms with Crippen molar-refractivity contribution in [3.8, 4) is 0 Å². The Balaban J connectivity index is 0. The van der Waals surface area contributed by atoms with Crippen LogP contribution in [0, 0.1) is 0 Å². The van der Waals surface area contributed by atoms with Crippen molar-refractivity contribution in [2.75, 3.05) is 0 Å². The Labute approximate surface area is 145 Å². The molecule has 26 heavy (non-hydrogen) atoms. The maximum atomic E-state index is 13.1. The number of halogens is 8. The normalized spacial score (nSPS) is 15.9. The molecule has 0 aromatic heterocycles. The Morgan fingerprint density at radius 2 is 1.23 bits per heavy atom. The Bertz CT molecular complexity index is 452. The average Bonchev–Trinajstić information content (AvgIpc) is 2.32. The number of rotatable bonds is 9. The molecule has 0 aliphatic heterocycles. The standard InChI is InChI=1S/C12H18F8N.H3O4P/c1-7(2)21-10(3,6-12(19,20)9(15)16)4-5-11(17,18)8(13)14;1-5(2,3)4/h7-9H,4-6H2,1-3H3;(H3,1,2,3,4)/q-1;. The lowest BCUT2D eigenvalue weighted by atomic mass is 9.86. The predicted octanol–water partition coefficient (Wildman–Crippen LogP) is 4.57. The maximum Gasteiger partial charge on any atom is 0.466 e. The van der Waals surface area contributed by atoms with Gasteiger partial charge in [0.05, 0.1) is 0 Å². The number of nitrogens with zero attached hydrogens (tertiary/aromatic N) is 1. The van der Waals surface area contributed by atoms with Crippen LogP contribution in [-0.4, -0.2) is 51.0 Å². The highest BCUT2D eigenvalue weighted by Crippen LogP contribution is 2.41. The summed E-state index contributed by atoms with van der Waals surface area (Å²) in [7, 11) is -4.64. The fraction of sp³-hybridized carbons (Fsp3) is 1.00. The number of phosphoric acid groups is 1. The van der Waals surface area contributed by atoms with E-state index in [1.807, 2.05) is 0 Å². The molecular weight excluding hydrogens is 405 g/mol. The van der Waals surface area contributed by atoms with Gasteiger partial charge in [-0.15, -0.1) is 11.6 Å². The third-order valence-electron chi connectivity index (χ3n) is 2.82. The van der Waals surface area contributed by atoms with Crippen molar-refractivity contribution in [1.82, 2.24) is 0 Å². The molecule has 0 aromatic rings. The van der Waals surface area contributed by atoms with Crippen LogP contribution in [0.25, 0.3) is 5.32 Å². The third kappa shape index (κ3) is 13.7. The van der Waals surface area contributed by atoms with Crippen molar-refractivity contribution in [3.05, 3.63) is 5.32 Å². The minimum absolute atomic E-state index is 0.594. The predicted molar refractivity (Wildman–Crippen MR) is 76.9 cm³/mol. The van der Waals surface area contributed by atoms with Crippen molar-refractivity contribution < 1.29 is 54.4 Å². The molecule has 14 heteroatoms. The monoisotopic (exact) mass is 426 g/mol. The largest absolute Gasteiger partial charge is 0.654 e. The van der Waals surface area contributed by atoms with Gasteiger partial charge < -0.3 is 20.0 Å². The summed E-state index contributed by atoms with van der Waals surface area (Å²) in [6.07, 6.45) is -11.7. The van der Waals surface area contributed by atoms with Crippen molar-refractivity contribution in [3.63, 3.8) is 0 Å². The van der Waals surface area contributed by atoms with Gasteiger partial charge in [-0.05, 0) is 0 Å². The first-order chi connectivity index (χ1) is 11.2. The van der Waals surface area contributed by atoms with Gasteiger partial charge in [-0.3, -0.25) is 0 Å². The van der Waals surface area contributed by atoms with Gasteiger partial charge in [-0.1, -0.05) is 27.2 Å². The average molecular weight is 426 g/mol. The van der Waals surface area contributed by atoms with Crippen molar-refractivity contribution in [1.29, 1.82) is 0 Å². The Kier molecular flexibility index (Phi) is 10.8. The molecule has 0 amide bonds. The highest BCUT2D eigenvalue weighted by Gasteiger charge is 2.46. The van der Waals surface area contributed by atoms with Crippen LogP contribution in [0.5, 0.6) is 0 Å². The molecule has 1 atom stereocenters. The topological polar surface area (TPSA) is 91.9 Å². The first-order valence-electron chi connectivity index (χ1n) is 7.04. The summed E-state index contributed by atoms with van der Waals surface area (Å²) in [6, 6.07) is -0.594. The van der Waals surface area contributed by atoms with Crippen molar-refractivity contribution >= 4 is 7.82 Å². The second-order valence-electron chi connectivity index (χ2n) is 6.03. The van der Waals surface area contributed by atoms with Gasteiger partial charge in [0.15, 0.2) is 0 Å². The molecular formula is C12H21F8NO4P-. The Morgan fingerprint density at radius 3 is 1.50 bits per heavy atom. The van der Waals surface area contributed by atoms with Gasteiger partial charge in [-0.2, -0.15) is 0 Å². The molecule has 0 radical (unpaired) electrons. The molecule has 0 spiro atoms. The van der Waals surface area contributed by atoms with Crippen LogP contribution in [0.4, 0.5) is 35.1 Å². The molecule has 0 fully saturated rings. The Hall–Kier alpha value is -0.490. The third-order valence-corrected chi connectivity index (χ3v) is 2.82. The van der Waals surface area contributed by atoms with Crippen molar-refractivity contribution in [2.45, 2.75) is 76.3 Å². The molecule has 0 bridgehead atoms. The molecule has 0 aromatic carbocycles. The molecule has 5 nitrogen and oxygen atoms in total. The molecule has 0 heterocycles. The SMILES string of the molecule is CC(C)[N-]C(C)(CCC(F)(F)C(F)F)CC(F)(F)C(F)F.O=P(O)(O)O. The van der Waals surface area contributed by atoms with Gasteiger partial charge in [0.1, 0.15) is 0 Å².